The second-order valence-corrected chi connectivity index (χ2v) is 8.02. The first-order valence-electron chi connectivity index (χ1n) is 9.07. The van der Waals surface area contributed by atoms with Gasteiger partial charge in [0, 0.05) is 17.5 Å². The van der Waals surface area contributed by atoms with Gasteiger partial charge in [0.2, 0.25) is 0 Å². The van der Waals surface area contributed by atoms with Gasteiger partial charge in [-0.1, -0.05) is 26.0 Å². The first kappa shape index (κ1) is 17.2. The van der Waals surface area contributed by atoms with Gasteiger partial charge in [0.1, 0.15) is 11.4 Å². The number of halogens is 1. The van der Waals surface area contributed by atoms with Crippen molar-refractivity contribution < 1.29 is 13.9 Å². The number of hydrogen-bond donors (Lipinski definition) is 0. The number of piperidine rings is 2. The van der Waals surface area contributed by atoms with E-state index in [1.165, 1.54) is 5.56 Å². The molecule has 0 radical (unpaired) electrons. The highest BCUT2D eigenvalue weighted by Gasteiger charge is 2.69. The van der Waals surface area contributed by atoms with Crippen LogP contribution in [0.4, 0.5) is 9.18 Å². The number of carbonyl (C=O) groups is 1. The van der Waals surface area contributed by atoms with Crippen LogP contribution in [0.2, 0.25) is 0 Å². The lowest BCUT2D eigenvalue weighted by Gasteiger charge is -2.57. The molecule has 24 heavy (non-hydrogen) atoms. The Hall–Kier alpha value is -1.58. The summed E-state index contributed by atoms with van der Waals surface area (Å²) in [7, 11) is 0. The molecule has 3 fully saturated rings. The minimum Gasteiger partial charge on any atom is -0.444 e. The van der Waals surface area contributed by atoms with Crippen LogP contribution >= 0.6 is 0 Å². The zero-order valence-electron chi connectivity index (χ0n) is 15.3. The molecule has 4 atom stereocenters. The quantitative estimate of drug-likeness (QED) is 0.732. The highest BCUT2D eigenvalue weighted by atomic mass is 19.1. The van der Waals surface area contributed by atoms with E-state index in [0.29, 0.717) is 12.0 Å². The molecule has 1 aliphatic heterocycles. The molecule has 1 aromatic carbocycles. The van der Waals surface area contributed by atoms with Crippen LogP contribution in [-0.4, -0.2) is 28.7 Å². The van der Waals surface area contributed by atoms with Crippen LogP contribution in [-0.2, 0) is 10.2 Å². The second-order valence-electron chi connectivity index (χ2n) is 8.02. The van der Waals surface area contributed by atoms with Gasteiger partial charge in [0.05, 0.1) is 0 Å². The first-order chi connectivity index (χ1) is 11.3. The Morgan fingerprint density at radius 1 is 1.21 bits per heavy atom. The monoisotopic (exact) mass is 333 g/mol. The van der Waals surface area contributed by atoms with Crippen molar-refractivity contribution in [1.82, 2.24) is 4.90 Å². The van der Waals surface area contributed by atoms with Crippen LogP contribution in [0.15, 0.2) is 24.3 Å². The van der Waals surface area contributed by atoms with E-state index >= 15 is 0 Å². The molecule has 0 spiro atoms. The number of hydrogen-bond acceptors (Lipinski definition) is 2. The Morgan fingerprint density at radius 3 is 2.33 bits per heavy atom. The predicted octanol–water partition coefficient (Wildman–Crippen LogP) is 4.89. The van der Waals surface area contributed by atoms with Gasteiger partial charge in [0.15, 0.2) is 0 Å². The minimum absolute atomic E-state index is 0.168. The molecule has 4 heteroatoms. The number of nitrogens with zero attached hydrogens (tertiary/aromatic N) is 1. The van der Waals surface area contributed by atoms with E-state index < -0.39 is 5.60 Å². The molecule has 0 N–H and O–H groups in total. The SMILES string of the molecule is CC.CC(C)(C)OC(=O)N1[C@H]2CC3[C@@H]1CC3(c1ccc(F)cc1)C2. The zero-order valence-corrected chi connectivity index (χ0v) is 15.3. The molecule has 1 saturated heterocycles. The van der Waals surface area contributed by atoms with Gasteiger partial charge in [-0.05, 0) is 63.6 Å². The standard InChI is InChI=1S/C18H22FNO2.C2H6/c1-17(2,3)22-16(21)20-13-8-14-15(20)10-18(14,9-13)11-4-6-12(19)7-5-11;1-2/h4-7,13-15H,8-10H2,1-3H3;1-2H3/t13-,14?,15-,18?;/m0./s1. The number of amides is 1. The predicted molar refractivity (Wildman–Crippen MR) is 92.4 cm³/mol. The van der Waals surface area contributed by atoms with Crippen molar-refractivity contribution in [2.75, 3.05) is 0 Å². The van der Waals surface area contributed by atoms with Crippen LogP contribution in [0.1, 0.15) is 59.4 Å². The third-order valence-electron chi connectivity index (χ3n) is 5.65. The lowest BCUT2D eigenvalue weighted by atomic mass is 9.54. The van der Waals surface area contributed by atoms with E-state index in [1.807, 2.05) is 51.7 Å². The zero-order chi connectivity index (χ0) is 17.7. The molecular weight excluding hydrogens is 305 g/mol. The summed E-state index contributed by atoms with van der Waals surface area (Å²) in [6, 6.07) is 7.53. The summed E-state index contributed by atoms with van der Waals surface area (Å²) in [5, 5.41) is 0. The van der Waals surface area contributed by atoms with E-state index in [4.69, 9.17) is 4.74 Å². The van der Waals surface area contributed by atoms with Crippen LogP contribution in [0.25, 0.3) is 0 Å². The molecule has 1 amide bonds. The average Bonchev–Trinajstić information content (AvgIpc) is 2.96. The summed E-state index contributed by atoms with van der Waals surface area (Å²) in [4.78, 5) is 14.4. The molecule has 132 valence electrons. The molecule has 2 bridgehead atoms. The number of carbonyl (C=O) groups excluding carboxylic acids is 1. The van der Waals surface area contributed by atoms with Gasteiger partial charge >= 0.3 is 6.09 Å². The molecule has 2 unspecified atom stereocenters. The molecule has 1 heterocycles. The van der Waals surface area contributed by atoms with Crippen molar-refractivity contribution in [1.29, 1.82) is 0 Å². The van der Waals surface area contributed by atoms with Crippen LogP contribution in [0, 0.1) is 11.7 Å². The Balaban J connectivity index is 0.000000815. The largest absolute Gasteiger partial charge is 0.444 e. The fourth-order valence-corrected chi connectivity index (χ4v) is 4.89. The highest BCUT2D eigenvalue weighted by Crippen LogP contribution is 2.66. The van der Waals surface area contributed by atoms with E-state index in [0.717, 1.165) is 19.3 Å². The summed E-state index contributed by atoms with van der Waals surface area (Å²) in [5.74, 6) is 0.324. The maximum atomic E-state index is 13.2. The number of ether oxygens (including phenoxy) is 1. The topological polar surface area (TPSA) is 29.5 Å². The van der Waals surface area contributed by atoms with Crippen molar-refractivity contribution in [3.05, 3.63) is 35.6 Å². The Morgan fingerprint density at radius 2 is 1.83 bits per heavy atom. The lowest BCUT2D eigenvalue weighted by Crippen LogP contribution is -2.63. The number of fused-ring (bicyclic) bond motifs is 1. The lowest BCUT2D eigenvalue weighted by molar-refractivity contribution is -0.0445. The number of likely N-dealkylation sites (tertiary alicyclic amines) is 1. The van der Waals surface area contributed by atoms with Crippen molar-refractivity contribution in [3.8, 4) is 0 Å². The molecule has 2 aliphatic carbocycles. The third kappa shape index (κ3) is 2.51. The summed E-state index contributed by atoms with van der Waals surface area (Å²) in [6.07, 6.45) is 2.86. The summed E-state index contributed by atoms with van der Waals surface area (Å²) >= 11 is 0. The van der Waals surface area contributed by atoms with Crippen LogP contribution in [0.3, 0.4) is 0 Å². The van der Waals surface area contributed by atoms with Crippen molar-refractivity contribution in [3.63, 3.8) is 0 Å². The molecule has 0 aromatic heterocycles. The molecule has 1 aromatic rings. The first-order valence-corrected chi connectivity index (χ1v) is 9.07. The fraction of sp³-hybridized carbons (Fsp3) is 0.650. The maximum Gasteiger partial charge on any atom is 0.410 e. The normalized spacial score (nSPS) is 32.8. The van der Waals surface area contributed by atoms with Gasteiger partial charge < -0.3 is 9.64 Å². The minimum atomic E-state index is -0.448. The van der Waals surface area contributed by atoms with Crippen LogP contribution < -0.4 is 0 Å². The summed E-state index contributed by atoms with van der Waals surface area (Å²) < 4.78 is 18.7. The maximum absolute atomic E-state index is 13.2. The summed E-state index contributed by atoms with van der Waals surface area (Å²) in [6.45, 7) is 9.72. The molecule has 4 rings (SSSR count). The second kappa shape index (κ2) is 5.75. The smallest absolute Gasteiger partial charge is 0.410 e. The van der Waals surface area contributed by atoms with Crippen molar-refractivity contribution >= 4 is 6.09 Å². The van der Waals surface area contributed by atoms with E-state index in [1.54, 1.807) is 12.1 Å². The Kier molecular flexibility index (Phi) is 4.13. The fourth-order valence-electron chi connectivity index (χ4n) is 4.89. The molecule has 2 saturated carbocycles. The van der Waals surface area contributed by atoms with Crippen molar-refractivity contribution in [2.24, 2.45) is 5.92 Å². The molecule has 3 aliphatic rings. The summed E-state index contributed by atoms with van der Waals surface area (Å²) in [5.41, 5.74) is 0.958. The van der Waals surface area contributed by atoms with E-state index in [-0.39, 0.29) is 23.4 Å². The molecule has 3 nitrogen and oxygen atoms in total. The van der Waals surface area contributed by atoms with Gasteiger partial charge in [0.25, 0.3) is 0 Å². The Bertz CT molecular complexity index is 620. The number of rotatable bonds is 1. The average molecular weight is 333 g/mol. The highest BCUT2D eigenvalue weighted by molar-refractivity contribution is 5.71. The third-order valence-corrected chi connectivity index (χ3v) is 5.65. The van der Waals surface area contributed by atoms with E-state index in [2.05, 4.69) is 0 Å². The van der Waals surface area contributed by atoms with Gasteiger partial charge in [-0.25, -0.2) is 9.18 Å². The van der Waals surface area contributed by atoms with Crippen molar-refractivity contribution in [2.45, 2.75) is 77.0 Å². The van der Waals surface area contributed by atoms with Gasteiger partial charge in [-0.3, -0.25) is 0 Å². The number of benzene rings is 1. The van der Waals surface area contributed by atoms with Crippen LogP contribution in [0.5, 0.6) is 0 Å². The van der Waals surface area contributed by atoms with Gasteiger partial charge in [-0.2, -0.15) is 0 Å². The van der Waals surface area contributed by atoms with Gasteiger partial charge in [-0.15, -0.1) is 0 Å². The molecular formula is C20H28FNO2. The Labute approximate surface area is 144 Å². The van der Waals surface area contributed by atoms with E-state index in [9.17, 15) is 9.18 Å².